The normalized spacial score (nSPS) is 25.1. The number of anilines is 3. The SMILES string of the molecule is CC(C)c1cncc(C(C)C)c1-c1ncc2c(n1)N(C)C(C)C1(C)C=CC1(C)c1ccccc1N2. The minimum atomic E-state index is -0.0801. The number of nitrogens with one attached hydrogen (secondary N) is 1. The van der Waals surface area contributed by atoms with Gasteiger partial charge in [-0.25, -0.2) is 9.97 Å². The van der Waals surface area contributed by atoms with Gasteiger partial charge in [0.05, 0.1) is 6.20 Å². The van der Waals surface area contributed by atoms with E-state index in [1.54, 1.807) is 0 Å². The van der Waals surface area contributed by atoms with Gasteiger partial charge in [0.25, 0.3) is 0 Å². The number of nitrogens with zero attached hydrogens (tertiary/aromatic N) is 4. The highest BCUT2D eigenvalue weighted by Gasteiger charge is 2.54. The second-order valence-electron chi connectivity index (χ2n) is 11.2. The number of hydrogen-bond donors (Lipinski definition) is 1. The predicted molar refractivity (Wildman–Crippen MR) is 146 cm³/mol. The molecule has 1 aromatic carbocycles. The third-order valence-electron chi connectivity index (χ3n) is 8.66. The minimum absolute atomic E-state index is 0.0465. The summed E-state index contributed by atoms with van der Waals surface area (Å²) in [5.74, 6) is 2.34. The lowest BCUT2D eigenvalue weighted by Gasteiger charge is -2.55. The topological polar surface area (TPSA) is 53.9 Å². The van der Waals surface area contributed by atoms with Crippen molar-refractivity contribution in [2.75, 3.05) is 17.3 Å². The molecule has 0 amide bonds. The van der Waals surface area contributed by atoms with Gasteiger partial charge < -0.3 is 10.2 Å². The van der Waals surface area contributed by atoms with E-state index in [-0.39, 0.29) is 16.9 Å². The Kier molecular flexibility index (Phi) is 5.50. The Morgan fingerprint density at radius 1 is 0.914 bits per heavy atom. The van der Waals surface area contributed by atoms with E-state index in [2.05, 4.69) is 107 Å². The smallest absolute Gasteiger partial charge is 0.162 e. The van der Waals surface area contributed by atoms with Crippen molar-refractivity contribution in [3.63, 3.8) is 0 Å². The summed E-state index contributed by atoms with van der Waals surface area (Å²) in [6, 6.07) is 8.86. The van der Waals surface area contributed by atoms with Crippen LogP contribution in [0.15, 0.2) is 55.0 Å². The number of rotatable bonds is 3. The molecule has 35 heavy (non-hydrogen) atoms. The van der Waals surface area contributed by atoms with E-state index in [4.69, 9.17) is 9.97 Å². The molecule has 5 nitrogen and oxygen atoms in total. The average Bonchev–Trinajstić information content (AvgIpc) is 2.86. The molecule has 0 spiro atoms. The van der Waals surface area contributed by atoms with Gasteiger partial charge in [0.15, 0.2) is 11.6 Å². The standard InChI is InChI=1S/C30H37N5/c1-18(2)21-15-31-16-22(19(3)4)26(21)27-32-17-25-28(34-27)35(8)20(5)29(6)13-14-30(29,7)23-11-9-10-12-24(23)33-25/h9-20,33H,1-8H3. The van der Waals surface area contributed by atoms with Crippen LogP contribution in [-0.2, 0) is 5.41 Å². The molecule has 3 aromatic rings. The van der Waals surface area contributed by atoms with Crippen LogP contribution in [-0.4, -0.2) is 28.0 Å². The number of benzene rings is 1. The molecule has 0 radical (unpaired) electrons. The van der Waals surface area contributed by atoms with E-state index in [1.807, 2.05) is 18.6 Å². The molecule has 0 saturated carbocycles. The predicted octanol–water partition coefficient (Wildman–Crippen LogP) is 7.20. The lowest BCUT2D eigenvalue weighted by atomic mass is 9.51. The van der Waals surface area contributed by atoms with E-state index in [1.165, 1.54) is 16.7 Å². The van der Waals surface area contributed by atoms with Crippen molar-refractivity contribution in [2.24, 2.45) is 5.41 Å². The van der Waals surface area contributed by atoms with Gasteiger partial charge >= 0.3 is 0 Å². The quantitative estimate of drug-likeness (QED) is 0.413. The van der Waals surface area contributed by atoms with Crippen LogP contribution in [0.25, 0.3) is 11.4 Å². The second-order valence-corrected chi connectivity index (χ2v) is 11.2. The van der Waals surface area contributed by atoms with Gasteiger partial charge in [-0.15, -0.1) is 0 Å². The van der Waals surface area contributed by atoms with Gasteiger partial charge in [-0.1, -0.05) is 71.9 Å². The molecule has 5 heteroatoms. The van der Waals surface area contributed by atoms with Crippen molar-refractivity contribution in [1.82, 2.24) is 15.0 Å². The fourth-order valence-electron chi connectivity index (χ4n) is 5.80. The highest BCUT2D eigenvalue weighted by atomic mass is 15.2. The van der Waals surface area contributed by atoms with Gasteiger partial charge in [-0.3, -0.25) is 4.98 Å². The summed E-state index contributed by atoms with van der Waals surface area (Å²) in [4.78, 5) is 17.1. The molecule has 182 valence electrons. The first kappa shape index (κ1) is 23.5. The van der Waals surface area contributed by atoms with E-state index in [0.29, 0.717) is 11.8 Å². The summed E-state index contributed by atoms with van der Waals surface area (Å²) >= 11 is 0. The van der Waals surface area contributed by atoms with Crippen molar-refractivity contribution in [3.8, 4) is 11.4 Å². The molecule has 0 saturated heterocycles. The van der Waals surface area contributed by atoms with Crippen molar-refractivity contribution in [1.29, 1.82) is 0 Å². The highest BCUT2D eigenvalue weighted by molar-refractivity contribution is 5.78. The maximum atomic E-state index is 5.26. The van der Waals surface area contributed by atoms with Crippen molar-refractivity contribution in [2.45, 2.75) is 71.8 Å². The van der Waals surface area contributed by atoms with Crippen LogP contribution in [0.3, 0.4) is 0 Å². The largest absolute Gasteiger partial charge is 0.354 e. The van der Waals surface area contributed by atoms with Crippen LogP contribution in [0.5, 0.6) is 0 Å². The molecule has 1 N–H and O–H groups in total. The second kappa shape index (κ2) is 8.18. The first-order chi connectivity index (χ1) is 16.6. The Morgan fingerprint density at radius 2 is 1.57 bits per heavy atom. The van der Waals surface area contributed by atoms with Crippen LogP contribution in [0.4, 0.5) is 17.2 Å². The van der Waals surface area contributed by atoms with E-state index >= 15 is 0 Å². The molecule has 0 bridgehead atoms. The third kappa shape index (κ3) is 3.39. The lowest BCUT2D eigenvalue weighted by Crippen LogP contribution is -2.56. The van der Waals surface area contributed by atoms with Crippen molar-refractivity contribution >= 4 is 17.2 Å². The number of aromatic nitrogens is 3. The summed E-state index contributed by atoms with van der Waals surface area (Å²) in [6.45, 7) is 15.9. The zero-order valence-corrected chi connectivity index (χ0v) is 22.2. The van der Waals surface area contributed by atoms with Crippen LogP contribution in [0.1, 0.15) is 77.0 Å². The van der Waals surface area contributed by atoms with Gasteiger partial charge in [-0.05, 0) is 41.5 Å². The maximum absolute atomic E-state index is 5.26. The fourth-order valence-corrected chi connectivity index (χ4v) is 5.80. The van der Waals surface area contributed by atoms with Crippen LogP contribution in [0, 0.1) is 5.41 Å². The van der Waals surface area contributed by atoms with E-state index < -0.39 is 0 Å². The first-order valence-corrected chi connectivity index (χ1v) is 12.7. The molecular formula is C30H37N5. The highest BCUT2D eigenvalue weighted by Crippen LogP contribution is 2.57. The molecule has 2 aromatic heterocycles. The lowest BCUT2D eigenvalue weighted by molar-refractivity contribution is 0.187. The van der Waals surface area contributed by atoms with E-state index in [9.17, 15) is 0 Å². The molecule has 2 aliphatic rings. The molecular weight excluding hydrogens is 430 g/mol. The Morgan fingerprint density at radius 3 is 2.17 bits per heavy atom. The Balaban J connectivity index is 1.74. The van der Waals surface area contributed by atoms with Crippen LogP contribution >= 0.6 is 0 Å². The molecule has 3 heterocycles. The number of hydrogen-bond acceptors (Lipinski definition) is 5. The van der Waals surface area contributed by atoms with Crippen molar-refractivity contribution < 1.29 is 0 Å². The zero-order chi connectivity index (χ0) is 25.1. The molecule has 5 rings (SSSR count). The van der Waals surface area contributed by atoms with Gasteiger partial charge in [0, 0.05) is 47.6 Å². The summed E-state index contributed by atoms with van der Waals surface area (Å²) in [5, 5.41) is 3.70. The van der Waals surface area contributed by atoms with Crippen LogP contribution in [0.2, 0.25) is 0 Å². The summed E-state index contributed by atoms with van der Waals surface area (Å²) in [5.41, 5.74) is 6.72. The summed E-state index contributed by atoms with van der Waals surface area (Å²) in [6.07, 6.45) is 10.6. The maximum Gasteiger partial charge on any atom is 0.162 e. The summed E-state index contributed by atoms with van der Waals surface area (Å²) < 4.78 is 0. The molecule has 1 aliphatic heterocycles. The molecule has 3 atom stereocenters. The average molecular weight is 468 g/mol. The first-order valence-electron chi connectivity index (χ1n) is 12.7. The fraction of sp³-hybridized carbons (Fsp3) is 0.433. The third-order valence-corrected chi connectivity index (χ3v) is 8.66. The van der Waals surface area contributed by atoms with Crippen LogP contribution < -0.4 is 10.2 Å². The molecule has 0 fully saturated rings. The van der Waals surface area contributed by atoms with E-state index in [0.717, 1.165) is 28.6 Å². The number of para-hydroxylation sites is 1. The zero-order valence-electron chi connectivity index (χ0n) is 22.2. The monoisotopic (exact) mass is 467 g/mol. The summed E-state index contributed by atoms with van der Waals surface area (Å²) in [7, 11) is 2.16. The minimum Gasteiger partial charge on any atom is -0.354 e. The molecule has 3 unspecified atom stereocenters. The van der Waals surface area contributed by atoms with Gasteiger partial charge in [0.1, 0.15) is 5.69 Å². The Hall–Kier alpha value is -3.21. The number of allylic oxidation sites excluding steroid dienone is 1. The Labute approximate surface area is 209 Å². The van der Waals surface area contributed by atoms with Gasteiger partial charge in [-0.2, -0.15) is 0 Å². The Bertz CT molecular complexity index is 1280. The van der Waals surface area contributed by atoms with Crippen molar-refractivity contribution in [3.05, 3.63) is 71.7 Å². The molecule has 1 aliphatic carbocycles. The van der Waals surface area contributed by atoms with Gasteiger partial charge in [0.2, 0.25) is 0 Å². The number of fused-ring (bicyclic) bond motifs is 4. The number of pyridine rings is 1.